The van der Waals surface area contributed by atoms with Gasteiger partial charge in [-0.1, -0.05) is 6.08 Å². The smallest absolute Gasteiger partial charge is 0.263 e. The van der Waals surface area contributed by atoms with Crippen LogP contribution in [0.2, 0.25) is 0 Å². The van der Waals surface area contributed by atoms with E-state index in [9.17, 15) is 8.42 Å². The molecule has 23 heavy (non-hydrogen) atoms. The Labute approximate surface area is 136 Å². The van der Waals surface area contributed by atoms with Crippen molar-refractivity contribution in [2.24, 2.45) is 0 Å². The zero-order valence-electron chi connectivity index (χ0n) is 13.3. The number of nitrogens with one attached hydrogen (secondary N) is 2. The largest absolute Gasteiger partial charge is 0.376 e. The van der Waals surface area contributed by atoms with Crippen LogP contribution in [-0.2, 0) is 10.0 Å². The van der Waals surface area contributed by atoms with Crippen LogP contribution in [0.3, 0.4) is 0 Å². The van der Waals surface area contributed by atoms with E-state index in [1.165, 1.54) is 12.3 Å². The lowest BCUT2D eigenvalue weighted by molar-refractivity contribution is 0.601. The molecule has 1 aromatic carbocycles. The number of fused-ring (bicyclic) bond motifs is 1. The molecule has 2 N–H and O–H groups in total. The standard InChI is InChI=1S/C17H19N3O2S/c1-12-10-17(2,3)19-16-7-6-13(9-15(12)16)20-23(21,22)14-5-4-8-18-11-14/h4-11,19-20H,1-3H3. The van der Waals surface area contributed by atoms with Crippen molar-refractivity contribution in [2.75, 3.05) is 10.0 Å². The first-order chi connectivity index (χ1) is 10.8. The lowest BCUT2D eigenvalue weighted by Crippen LogP contribution is -2.31. The highest BCUT2D eigenvalue weighted by atomic mass is 32.2. The van der Waals surface area contributed by atoms with Gasteiger partial charge >= 0.3 is 0 Å². The molecule has 0 amide bonds. The Hall–Kier alpha value is -2.34. The average Bonchev–Trinajstić information content (AvgIpc) is 2.48. The number of nitrogens with zero attached hydrogens (tertiary/aromatic N) is 1. The van der Waals surface area contributed by atoms with Gasteiger partial charge in [0.1, 0.15) is 4.90 Å². The molecule has 120 valence electrons. The van der Waals surface area contributed by atoms with E-state index in [4.69, 9.17) is 0 Å². The first kappa shape index (κ1) is 15.6. The zero-order valence-corrected chi connectivity index (χ0v) is 14.1. The summed E-state index contributed by atoms with van der Waals surface area (Å²) >= 11 is 0. The molecule has 0 bridgehead atoms. The van der Waals surface area contributed by atoms with Crippen molar-refractivity contribution in [2.45, 2.75) is 31.2 Å². The number of hydrogen-bond acceptors (Lipinski definition) is 4. The maximum absolute atomic E-state index is 12.4. The van der Waals surface area contributed by atoms with Crippen LogP contribution in [0.4, 0.5) is 11.4 Å². The number of benzene rings is 1. The highest BCUT2D eigenvalue weighted by Gasteiger charge is 2.23. The van der Waals surface area contributed by atoms with E-state index in [-0.39, 0.29) is 10.4 Å². The minimum atomic E-state index is -3.63. The second kappa shape index (κ2) is 5.38. The molecule has 0 saturated heterocycles. The third-order valence-corrected chi connectivity index (χ3v) is 5.04. The van der Waals surface area contributed by atoms with Crippen molar-refractivity contribution in [3.63, 3.8) is 0 Å². The summed E-state index contributed by atoms with van der Waals surface area (Å²) in [5.41, 5.74) is 3.52. The van der Waals surface area contributed by atoms with E-state index in [1.54, 1.807) is 18.3 Å². The highest BCUT2D eigenvalue weighted by molar-refractivity contribution is 7.92. The van der Waals surface area contributed by atoms with Crippen LogP contribution in [0.1, 0.15) is 26.3 Å². The molecule has 3 rings (SSSR count). The fraction of sp³-hybridized carbons (Fsp3) is 0.235. The van der Waals surface area contributed by atoms with Gasteiger partial charge in [-0.05, 0) is 56.7 Å². The molecule has 2 aromatic rings. The third-order valence-electron chi connectivity index (χ3n) is 3.68. The van der Waals surface area contributed by atoms with Gasteiger partial charge in [-0.2, -0.15) is 0 Å². The summed E-state index contributed by atoms with van der Waals surface area (Å²) in [4.78, 5) is 4.00. The molecule has 0 radical (unpaired) electrons. The van der Waals surface area contributed by atoms with E-state index in [0.29, 0.717) is 5.69 Å². The fourth-order valence-corrected chi connectivity index (χ4v) is 3.78. The minimum absolute atomic E-state index is 0.117. The summed E-state index contributed by atoms with van der Waals surface area (Å²) in [6.07, 6.45) is 5.00. The molecule has 6 heteroatoms. The van der Waals surface area contributed by atoms with Gasteiger partial charge in [0.15, 0.2) is 0 Å². The van der Waals surface area contributed by atoms with Crippen molar-refractivity contribution >= 4 is 27.0 Å². The van der Waals surface area contributed by atoms with Gasteiger partial charge in [0.05, 0.1) is 5.54 Å². The molecule has 0 aliphatic carbocycles. The van der Waals surface area contributed by atoms with Gasteiger partial charge < -0.3 is 5.32 Å². The van der Waals surface area contributed by atoms with Crippen LogP contribution < -0.4 is 10.0 Å². The molecule has 0 saturated carbocycles. The molecule has 1 aliphatic heterocycles. The monoisotopic (exact) mass is 329 g/mol. The molecule has 5 nitrogen and oxygen atoms in total. The molecular formula is C17H19N3O2S. The summed E-state index contributed by atoms with van der Waals surface area (Å²) in [6.45, 7) is 6.22. The molecular weight excluding hydrogens is 310 g/mol. The Morgan fingerprint density at radius 2 is 2.00 bits per heavy atom. The molecule has 0 unspecified atom stereocenters. The Kier molecular flexibility index (Phi) is 3.64. The van der Waals surface area contributed by atoms with Crippen molar-refractivity contribution in [3.05, 3.63) is 54.4 Å². The SMILES string of the molecule is CC1=CC(C)(C)Nc2ccc(NS(=O)(=O)c3cccnc3)cc21. The number of rotatable bonds is 3. The van der Waals surface area contributed by atoms with Crippen LogP contribution >= 0.6 is 0 Å². The predicted molar refractivity (Wildman–Crippen MR) is 92.8 cm³/mol. The second-order valence-corrected chi connectivity index (χ2v) is 7.91. The van der Waals surface area contributed by atoms with E-state index in [0.717, 1.165) is 16.8 Å². The highest BCUT2D eigenvalue weighted by Crippen LogP contribution is 2.35. The quantitative estimate of drug-likeness (QED) is 0.904. The van der Waals surface area contributed by atoms with Gasteiger partial charge in [0.2, 0.25) is 0 Å². The van der Waals surface area contributed by atoms with E-state index < -0.39 is 10.0 Å². The van der Waals surface area contributed by atoms with Crippen LogP contribution in [-0.4, -0.2) is 18.9 Å². The number of pyridine rings is 1. The van der Waals surface area contributed by atoms with Gasteiger partial charge in [-0.25, -0.2) is 8.42 Å². The first-order valence-corrected chi connectivity index (χ1v) is 8.80. The summed E-state index contributed by atoms with van der Waals surface area (Å²) in [5.74, 6) is 0. The molecule has 1 aliphatic rings. The lowest BCUT2D eigenvalue weighted by atomic mass is 9.91. The number of anilines is 2. The molecule has 0 spiro atoms. The predicted octanol–water partition coefficient (Wildman–Crippen LogP) is 3.49. The number of aromatic nitrogens is 1. The van der Waals surface area contributed by atoms with E-state index in [2.05, 4.69) is 34.9 Å². The van der Waals surface area contributed by atoms with Crippen LogP contribution in [0.5, 0.6) is 0 Å². The number of sulfonamides is 1. The van der Waals surface area contributed by atoms with Crippen molar-refractivity contribution in [1.82, 2.24) is 4.98 Å². The van der Waals surface area contributed by atoms with Crippen molar-refractivity contribution in [1.29, 1.82) is 0 Å². The lowest BCUT2D eigenvalue weighted by Gasteiger charge is -2.31. The second-order valence-electron chi connectivity index (χ2n) is 6.23. The maximum atomic E-state index is 12.4. The topological polar surface area (TPSA) is 71.1 Å². The fourth-order valence-electron chi connectivity index (χ4n) is 2.77. The number of allylic oxidation sites excluding steroid dienone is 1. The normalized spacial score (nSPS) is 16.0. The third kappa shape index (κ3) is 3.22. The first-order valence-electron chi connectivity index (χ1n) is 7.32. The Morgan fingerprint density at radius 1 is 1.22 bits per heavy atom. The Morgan fingerprint density at radius 3 is 2.70 bits per heavy atom. The Balaban J connectivity index is 1.94. The van der Waals surface area contributed by atoms with E-state index in [1.807, 2.05) is 19.1 Å². The summed E-state index contributed by atoms with van der Waals surface area (Å²) in [7, 11) is -3.63. The molecule has 0 fully saturated rings. The maximum Gasteiger partial charge on any atom is 0.263 e. The Bertz CT molecular complexity index is 872. The molecule has 0 atom stereocenters. The van der Waals surface area contributed by atoms with Crippen LogP contribution in [0, 0.1) is 0 Å². The van der Waals surface area contributed by atoms with Gasteiger partial charge in [0, 0.05) is 29.3 Å². The summed E-state index contributed by atoms with van der Waals surface area (Å²) in [6, 6.07) is 8.61. The summed E-state index contributed by atoms with van der Waals surface area (Å²) < 4.78 is 27.3. The molecule has 1 aromatic heterocycles. The zero-order chi connectivity index (χ0) is 16.7. The van der Waals surface area contributed by atoms with Gasteiger partial charge in [0.25, 0.3) is 10.0 Å². The number of hydrogen-bond donors (Lipinski definition) is 2. The van der Waals surface area contributed by atoms with Gasteiger partial charge in [-0.15, -0.1) is 0 Å². The van der Waals surface area contributed by atoms with Crippen LogP contribution in [0.25, 0.3) is 5.57 Å². The van der Waals surface area contributed by atoms with Gasteiger partial charge in [-0.3, -0.25) is 9.71 Å². The average molecular weight is 329 g/mol. The molecule has 2 heterocycles. The van der Waals surface area contributed by atoms with Crippen molar-refractivity contribution < 1.29 is 8.42 Å². The minimum Gasteiger partial charge on any atom is -0.376 e. The van der Waals surface area contributed by atoms with Crippen molar-refractivity contribution in [3.8, 4) is 0 Å². The van der Waals surface area contributed by atoms with Crippen LogP contribution in [0.15, 0.2) is 53.7 Å². The van der Waals surface area contributed by atoms with E-state index >= 15 is 0 Å². The summed E-state index contributed by atoms with van der Waals surface area (Å²) in [5, 5.41) is 3.42.